The van der Waals surface area contributed by atoms with Crippen molar-refractivity contribution in [1.82, 2.24) is 0 Å². The molecule has 0 spiro atoms. The maximum Gasteiger partial charge on any atom is 0.126 e. The maximum atomic E-state index is 13.4. The van der Waals surface area contributed by atoms with Gasteiger partial charge in [0.2, 0.25) is 0 Å². The van der Waals surface area contributed by atoms with E-state index < -0.39 is 0 Å². The molecule has 0 N–H and O–H groups in total. The van der Waals surface area contributed by atoms with Gasteiger partial charge in [0.05, 0.1) is 0 Å². The van der Waals surface area contributed by atoms with Crippen molar-refractivity contribution in [3.8, 4) is 0 Å². The zero-order chi connectivity index (χ0) is 12.6. The van der Waals surface area contributed by atoms with E-state index in [0.717, 1.165) is 31.2 Å². The van der Waals surface area contributed by atoms with Gasteiger partial charge in [0.25, 0.3) is 0 Å². The summed E-state index contributed by atoms with van der Waals surface area (Å²) in [6.45, 7) is 0. The van der Waals surface area contributed by atoms with Gasteiger partial charge in [-0.2, -0.15) is 0 Å². The fraction of sp³-hybridized carbons (Fsp3) is 0.294. The molecule has 0 aliphatic heterocycles. The quantitative estimate of drug-likeness (QED) is 0.639. The van der Waals surface area contributed by atoms with Crippen molar-refractivity contribution in [1.29, 1.82) is 0 Å². The van der Waals surface area contributed by atoms with Crippen LogP contribution in [0.5, 0.6) is 0 Å². The van der Waals surface area contributed by atoms with Crippen LogP contribution in [0.15, 0.2) is 54.6 Å². The molecule has 0 fully saturated rings. The first kappa shape index (κ1) is 12.8. The summed E-state index contributed by atoms with van der Waals surface area (Å²) in [5, 5.41) is 0. The Bertz CT molecular complexity index is 462. The molecule has 0 radical (unpaired) electrons. The highest BCUT2D eigenvalue weighted by molar-refractivity contribution is 5.17. The van der Waals surface area contributed by atoms with E-state index in [1.807, 2.05) is 18.2 Å². The largest absolute Gasteiger partial charge is 0.207 e. The van der Waals surface area contributed by atoms with E-state index >= 15 is 0 Å². The second-order valence-corrected chi connectivity index (χ2v) is 4.64. The third-order valence-electron chi connectivity index (χ3n) is 3.21. The SMILES string of the molecule is Fc1ccccc1CCCCCc1ccccc1. The van der Waals surface area contributed by atoms with E-state index in [-0.39, 0.29) is 5.82 Å². The Morgan fingerprint density at radius 3 is 2.11 bits per heavy atom. The van der Waals surface area contributed by atoms with Crippen LogP contribution >= 0.6 is 0 Å². The van der Waals surface area contributed by atoms with Gasteiger partial charge in [0.15, 0.2) is 0 Å². The summed E-state index contributed by atoms with van der Waals surface area (Å²) in [7, 11) is 0. The van der Waals surface area contributed by atoms with Crippen molar-refractivity contribution < 1.29 is 4.39 Å². The van der Waals surface area contributed by atoms with Gasteiger partial charge in [-0.15, -0.1) is 0 Å². The molecule has 2 aromatic rings. The second kappa shape index (κ2) is 6.95. The van der Waals surface area contributed by atoms with Gasteiger partial charge in [-0.1, -0.05) is 55.0 Å². The number of halogens is 1. The lowest BCUT2D eigenvalue weighted by atomic mass is 10.0. The lowest BCUT2D eigenvalue weighted by Crippen LogP contribution is -1.91. The third-order valence-corrected chi connectivity index (χ3v) is 3.21. The minimum Gasteiger partial charge on any atom is -0.207 e. The maximum absolute atomic E-state index is 13.4. The van der Waals surface area contributed by atoms with Crippen LogP contribution in [0.1, 0.15) is 30.4 Å². The summed E-state index contributed by atoms with van der Waals surface area (Å²) in [5.74, 6) is -0.0689. The van der Waals surface area contributed by atoms with Gasteiger partial charge in [0, 0.05) is 0 Å². The number of aryl methyl sites for hydroxylation is 2. The van der Waals surface area contributed by atoms with Crippen molar-refractivity contribution >= 4 is 0 Å². The van der Waals surface area contributed by atoms with E-state index in [9.17, 15) is 4.39 Å². The molecule has 0 saturated heterocycles. The van der Waals surface area contributed by atoms with Gasteiger partial charge in [-0.25, -0.2) is 4.39 Å². The van der Waals surface area contributed by atoms with E-state index in [4.69, 9.17) is 0 Å². The first-order chi connectivity index (χ1) is 8.86. The smallest absolute Gasteiger partial charge is 0.126 e. The molecule has 94 valence electrons. The van der Waals surface area contributed by atoms with Crippen molar-refractivity contribution in [2.24, 2.45) is 0 Å². The first-order valence-corrected chi connectivity index (χ1v) is 6.63. The summed E-state index contributed by atoms with van der Waals surface area (Å²) in [6, 6.07) is 17.6. The third kappa shape index (κ3) is 3.99. The number of benzene rings is 2. The highest BCUT2D eigenvalue weighted by Gasteiger charge is 2.00. The number of hydrogen-bond acceptors (Lipinski definition) is 0. The molecule has 0 nitrogen and oxygen atoms in total. The fourth-order valence-corrected chi connectivity index (χ4v) is 2.17. The zero-order valence-electron chi connectivity index (χ0n) is 10.6. The number of rotatable bonds is 6. The molecule has 0 aliphatic rings. The molecule has 0 unspecified atom stereocenters. The molecular formula is C17H19F. The number of hydrogen-bond donors (Lipinski definition) is 0. The summed E-state index contributed by atoms with van der Waals surface area (Å²) in [4.78, 5) is 0. The van der Waals surface area contributed by atoms with Crippen LogP contribution < -0.4 is 0 Å². The minimum atomic E-state index is -0.0689. The molecule has 2 aromatic carbocycles. The monoisotopic (exact) mass is 242 g/mol. The summed E-state index contributed by atoms with van der Waals surface area (Å²) in [6.07, 6.45) is 5.37. The van der Waals surface area contributed by atoms with E-state index in [2.05, 4.69) is 24.3 Å². The molecule has 1 heteroatoms. The Balaban J connectivity index is 1.66. The highest BCUT2D eigenvalue weighted by atomic mass is 19.1. The highest BCUT2D eigenvalue weighted by Crippen LogP contribution is 2.12. The molecule has 0 saturated carbocycles. The zero-order valence-corrected chi connectivity index (χ0v) is 10.6. The van der Waals surface area contributed by atoms with Crippen molar-refractivity contribution in [3.05, 3.63) is 71.5 Å². The first-order valence-electron chi connectivity index (χ1n) is 6.63. The molecule has 0 amide bonds. The summed E-state index contributed by atoms with van der Waals surface area (Å²) < 4.78 is 13.4. The van der Waals surface area contributed by atoms with Gasteiger partial charge in [-0.05, 0) is 42.9 Å². The molecule has 0 heterocycles. The van der Waals surface area contributed by atoms with E-state index in [1.54, 1.807) is 12.1 Å². The Kier molecular flexibility index (Phi) is 4.95. The van der Waals surface area contributed by atoms with Gasteiger partial charge in [-0.3, -0.25) is 0 Å². The van der Waals surface area contributed by atoms with Crippen LogP contribution in [0, 0.1) is 5.82 Å². The van der Waals surface area contributed by atoms with Crippen molar-refractivity contribution in [2.45, 2.75) is 32.1 Å². The average molecular weight is 242 g/mol. The second-order valence-electron chi connectivity index (χ2n) is 4.64. The average Bonchev–Trinajstić information content (AvgIpc) is 2.42. The van der Waals surface area contributed by atoms with Crippen LogP contribution in [0.2, 0.25) is 0 Å². The molecule has 0 atom stereocenters. The lowest BCUT2D eigenvalue weighted by molar-refractivity contribution is 0.595. The van der Waals surface area contributed by atoms with Crippen LogP contribution in [0.4, 0.5) is 4.39 Å². The molecule has 18 heavy (non-hydrogen) atoms. The number of unbranched alkanes of at least 4 members (excludes halogenated alkanes) is 2. The molecule has 0 aliphatic carbocycles. The molecule has 2 rings (SSSR count). The van der Waals surface area contributed by atoms with Gasteiger partial charge < -0.3 is 0 Å². The topological polar surface area (TPSA) is 0 Å². The Morgan fingerprint density at radius 2 is 1.33 bits per heavy atom. The van der Waals surface area contributed by atoms with E-state index in [0.29, 0.717) is 0 Å². The fourth-order valence-electron chi connectivity index (χ4n) is 2.17. The predicted molar refractivity (Wildman–Crippen MR) is 74.1 cm³/mol. The van der Waals surface area contributed by atoms with Gasteiger partial charge >= 0.3 is 0 Å². The predicted octanol–water partition coefficient (Wildman–Crippen LogP) is 4.78. The van der Waals surface area contributed by atoms with Crippen LogP contribution in [-0.2, 0) is 12.8 Å². The summed E-state index contributed by atoms with van der Waals surface area (Å²) >= 11 is 0. The minimum absolute atomic E-state index is 0.0689. The molecule has 0 aromatic heterocycles. The van der Waals surface area contributed by atoms with Crippen molar-refractivity contribution in [2.75, 3.05) is 0 Å². The van der Waals surface area contributed by atoms with Crippen LogP contribution in [0.25, 0.3) is 0 Å². The van der Waals surface area contributed by atoms with E-state index in [1.165, 1.54) is 12.0 Å². The van der Waals surface area contributed by atoms with Crippen molar-refractivity contribution in [3.63, 3.8) is 0 Å². The normalized spacial score (nSPS) is 10.5. The Morgan fingerprint density at radius 1 is 0.667 bits per heavy atom. The van der Waals surface area contributed by atoms with Crippen LogP contribution in [-0.4, -0.2) is 0 Å². The lowest BCUT2D eigenvalue weighted by Gasteiger charge is -2.03. The Hall–Kier alpha value is -1.63. The molecule has 0 bridgehead atoms. The molecular weight excluding hydrogens is 223 g/mol. The summed E-state index contributed by atoms with van der Waals surface area (Å²) in [5.41, 5.74) is 2.24. The standard InChI is InChI=1S/C17H19F/c18-17-14-8-7-13-16(17)12-6-2-5-11-15-9-3-1-4-10-15/h1,3-4,7-10,13-14H,2,5-6,11-12H2. The van der Waals surface area contributed by atoms with Gasteiger partial charge in [0.1, 0.15) is 5.82 Å². The Labute approximate surface area is 108 Å². The van der Waals surface area contributed by atoms with Crippen LogP contribution in [0.3, 0.4) is 0 Å².